The molecule has 19 heavy (non-hydrogen) atoms. The fraction of sp³-hybridized carbons (Fsp3) is 0.143. The molecule has 2 aromatic carbocycles. The normalized spacial score (nSPS) is 11.3. The van der Waals surface area contributed by atoms with E-state index in [0.717, 1.165) is 4.47 Å². The summed E-state index contributed by atoms with van der Waals surface area (Å²) in [6.45, 7) is 1.62. The molecule has 0 aliphatic carbocycles. The van der Waals surface area contributed by atoms with E-state index < -0.39 is 9.84 Å². The lowest BCUT2D eigenvalue weighted by atomic mass is 10.3. The van der Waals surface area contributed by atoms with Crippen LogP contribution in [0.25, 0.3) is 0 Å². The van der Waals surface area contributed by atoms with Crippen LogP contribution in [-0.4, -0.2) is 14.2 Å². The van der Waals surface area contributed by atoms with Crippen LogP contribution in [0.2, 0.25) is 0 Å². The minimum absolute atomic E-state index is 0.0781. The Morgan fingerprint density at radius 2 is 1.74 bits per heavy atom. The second kappa shape index (κ2) is 5.75. The van der Waals surface area contributed by atoms with Crippen molar-refractivity contribution >= 4 is 25.8 Å². The molecule has 0 aliphatic rings. The zero-order valence-corrected chi connectivity index (χ0v) is 12.7. The Hall–Kier alpha value is -1.33. The summed E-state index contributed by atoms with van der Waals surface area (Å²) in [6, 6.07) is 13.9. The molecule has 3 nitrogen and oxygen atoms in total. The molecule has 0 fully saturated rings. The number of hydrogen-bond donors (Lipinski definition) is 0. The topological polar surface area (TPSA) is 43.4 Å². The van der Waals surface area contributed by atoms with Gasteiger partial charge in [-0.25, -0.2) is 8.42 Å². The maximum atomic E-state index is 11.8. The van der Waals surface area contributed by atoms with Crippen molar-refractivity contribution in [3.8, 4) is 11.5 Å². The third-order valence-corrected chi connectivity index (χ3v) is 4.85. The molecule has 0 bridgehead atoms. The SMILES string of the molecule is CCS(=O)(=O)c1cccc(Oc2ccc(Br)cc2)c1. The van der Waals surface area contributed by atoms with Crippen LogP contribution in [0.3, 0.4) is 0 Å². The first-order valence-corrected chi connectivity index (χ1v) is 8.22. The molecule has 0 N–H and O–H groups in total. The van der Waals surface area contributed by atoms with Crippen LogP contribution in [0.4, 0.5) is 0 Å². The van der Waals surface area contributed by atoms with Crippen LogP contribution in [-0.2, 0) is 9.84 Å². The lowest BCUT2D eigenvalue weighted by Crippen LogP contribution is -2.03. The summed E-state index contributed by atoms with van der Waals surface area (Å²) in [7, 11) is -3.21. The van der Waals surface area contributed by atoms with E-state index in [1.807, 2.05) is 24.3 Å². The van der Waals surface area contributed by atoms with Gasteiger partial charge in [0.2, 0.25) is 0 Å². The average Bonchev–Trinajstić information content (AvgIpc) is 2.42. The molecule has 0 aromatic heterocycles. The molecule has 0 amide bonds. The molecule has 0 radical (unpaired) electrons. The van der Waals surface area contributed by atoms with Gasteiger partial charge in [0.1, 0.15) is 11.5 Å². The highest BCUT2D eigenvalue weighted by Gasteiger charge is 2.12. The molecule has 0 saturated heterocycles. The summed E-state index contributed by atoms with van der Waals surface area (Å²) in [5.74, 6) is 1.25. The van der Waals surface area contributed by atoms with Gasteiger partial charge in [-0.05, 0) is 42.5 Å². The summed E-state index contributed by atoms with van der Waals surface area (Å²) in [5.41, 5.74) is 0. The highest BCUT2D eigenvalue weighted by molar-refractivity contribution is 9.10. The first-order chi connectivity index (χ1) is 9.01. The van der Waals surface area contributed by atoms with E-state index in [1.165, 1.54) is 0 Å². The van der Waals surface area contributed by atoms with Crippen LogP contribution >= 0.6 is 15.9 Å². The second-order valence-corrected chi connectivity index (χ2v) is 7.13. The van der Waals surface area contributed by atoms with Crippen LogP contribution in [0.15, 0.2) is 57.9 Å². The highest BCUT2D eigenvalue weighted by Crippen LogP contribution is 2.25. The Labute approximate surface area is 121 Å². The van der Waals surface area contributed by atoms with E-state index in [1.54, 1.807) is 31.2 Å². The predicted molar refractivity (Wildman–Crippen MR) is 78.4 cm³/mol. The van der Waals surface area contributed by atoms with Crippen molar-refractivity contribution in [1.82, 2.24) is 0 Å². The largest absolute Gasteiger partial charge is 0.457 e. The summed E-state index contributed by atoms with van der Waals surface area (Å²) in [4.78, 5) is 0.282. The van der Waals surface area contributed by atoms with Gasteiger partial charge in [0.05, 0.1) is 10.6 Å². The average molecular weight is 341 g/mol. The van der Waals surface area contributed by atoms with Crippen molar-refractivity contribution in [3.05, 3.63) is 53.0 Å². The van der Waals surface area contributed by atoms with Crippen molar-refractivity contribution in [1.29, 1.82) is 0 Å². The lowest BCUT2D eigenvalue weighted by Gasteiger charge is -2.07. The summed E-state index contributed by atoms with van der Waals surface area (Å²) in [6.07, 6.45) is 0. The Bertz CT molecular complexity index is 663. The third-order valence-electron chi connectivity index (χ3n) is 2.59. The van der Waals surface area contributed by atoms with Gasteiger partial charge in [0, 0.05) is 4.47 Å². The number of benzene rings is 2. The van der Waals surface area contributed by atoms with Gasteiger partial charge in [-0.15, -0.1) is 0 Å². The molecule has 0 aliphatic heterocycles. The van der Waals surface area contributed by atoms with E-state index in [4.69, 9.17) is 4.74 Å². The molecule has 2 aromatic rings. The molecule has 100 valence electrons. The van der Waals surface area contributed by atoms with Crippen molar-refractivity contribution < 1.29 is 13.2 Å². The minimum atomic E-state index is -3.21. The summed E-state index contributed by atoms with van der Waals surface area (Å²) in [5, 5.41) is 0. The molecular formula is C14H13BrO3S. The zero-order valence-electron chi connectivity index (χ0n) is 10.3. The first-order valence-electron chi connectivity index (χ1n) is 5.77. The predicted octanol–water partition coefficient (Wildman–Crippen LogP) is 4.04. The maximum Gasteiger partial charge on any atom is 0.178 e. The number of hydrogen-bond acceptors (Lipinski definition) is 3. The molecule has 2 rings (SSSR count). The van der Waals surface area contributed by atoms with Gasteiger partial charge in [0.15, 0.2) is 9.84 Å². The molecule has 5 heteroatoms. The van der Waals surface area contributed by atoms with Crippen molar-refractivity contribution in [2.75, 3.05) is 5.75 Å². The van der Waals surface area contributed by atoms with Gasteiger partial charge in [-0.2, -0.15) is 0 Å². The van der Waals surface area contributed by atoms with Crippen molar-refractivity contribution in [2.24, 2.45) is 0 Å². The van der Waals surface area contributed by atoms with Crippen molar-refractivity contribution in [3.63, 3.8) is 0 Å². The van der Waals surface area contributed by atoms with E-state index >= 15 is 0 Å². The van der Waals surface area contributed by atoms with E-state index in [2.05, 4.69) is 15.9 Å². The second-order valence-electron chi connectivity index (χ2n) is 3.93. The maximum absolute atomic E-state index is 11.8. The van der Waals surface area contributed by atoms with Crippen LogP contribution in [0.1, 0.15) is 6.92 Å². The van der Waals surface area contributed by atoms with Crippen molar-refractivity contribution in [2.45, 2.75) is 11.8 Å². The molecule has 0 heterocycles. The lowest BCUT2D eigenvalue weighted by molar-refractivity contribution is 0.480. The smallest absolute Gasteiger partial charge is 0.178 e. The number of sulfone groups is 1. The Morgan fingerprint density at radius 1 is 1.05 bits per heavy atom. The van der Waals surface area contributed by atoms with Gasteiger partial charge >= 0.3 is 0 Å². The first kappa shape index (κ1) is 14.1. The molecule has 0 spiro atoms. The molecule has 0 unspecified atom stereocenters. The molecule has 0 saturated carbocycles. The highest BCUT2D eigenvalue weighted by atomic mass is 79.9. The van der Waals surface area contributed by atoms with Gasteiger partial charge < -0.3 is 4.74 Å². The fourth-order valence-corrected chi connectivity index (χ4v) is 2.72. The zero-order chi connectivity index (χ0) is 13.9. The van der Waals surface area contributed by atoms with Crippen LogP contribution in [0.5, 0.6) is 11.5 Å². The fourth-order valence-electron chi connectivity index (χ4n) is 1.54. The van der Waals surface area contributed by atoms with E-state index in [0.29, 0.717) is 11.5 Å². The third kappa shape index (κ3) is 3.58. The molecular weight excluding hydrogens is 328 g/mol. The van der Waals surface area contributed by atoms with Crippen LogP contribution in [0, 0.1) is 0 Å². The quantitative estimate of drug-likeness (QED) is 0.843. The van der Waals surface area contributed by atoms with Gasteiger partial charge in [-0.3, -0.25) is 0 Å². The van der Waals surface area contributed by atoms with Gasteiger partial charge in [-0.1, -0.05) is 28.9 Å². The summed E-state index contributed by atoms with van der Waals surface area (Å²) < 4.78 is 30.2. The monoisotopic (exact) mass is 340 g/mol. The number of halogens is 1. The van der Waals surface area contributed by atoms with Gasteiger partial charge in [0.25, 0.3) is 0 Å². The van der Waals surface area contributed by atoms with E-state index in [-0.39, 0.29) is 10.6 Å². The molecule has 0 atom stereocenters. The number of ether oxygens (including phenoxy) is 1. The van der Waals surface area contributed by atoms with Crippen LogP contribution < -0.4 is 4.74 Å². The minimum Gasteiger partial charge on any atom is -0.457 e. The summed E-state index contributed by atoms with van der Waals surface area (Å²) >= 11 is 3.34. The Morgan fingerprint density at radius 3 is 2.37 bits per heavy atom. The Kier molecular flexibility index (Phi) is 4.27. The number of rotatable bonds is 4. The Balaban J connectivity index is 2.27. The standard InChI is InChI=1S/C14H13BrO3S/c1-2-19(16,17)14-5-3-4-13(10-14)18-12-8-6-11(15)7-9-12/h3-10H,2H2,1H3. The van der Waals surface area contributed by atoms with E-state index in [9.17, 15) is 8.42 Å².